The van der Waals surface area contributed by atoms with Gasteiger partial charge in [0.15, 0.2) is 0 Å². The number of hydrogen-bond donors (Lipinski definition) is 1. The van der Waals surface area contributed by atoms with Crippen LogP contribution in [0.25, 0.3) is 0 Å². The number of rotatable bonds is 3. The fourth-order valence-corrected chi connectivity index (χ4v) is 2.23. The largest absolute Gasteiger partial charge is 0.380 e. The van der Waals surface area contributed by atoms with Crippen LogP contribution in [0.3, 0.4) is 0 Å². The van der Waals surface area contributed by atoms with Crippen molar-refractivity contribution in [3.05, 3.63) is 62.8 Å². The predicted octanol–water partition coefficient (Wildman–Crippen LogP) is 5.40. The third-order valence-corrected chi connectivity index (χ3v) is 3.48. The number of nitrogens with one attached hydrogen (secondary N) is 1. The molecule has 0 aliphatic rings. The van der Waals surface area contributed by atoms with E-state index in [-0.39, 0.29) is 5.82 Å². The minimum absolute atomic E-state index is 0.354. The quantitative estimate of drug-likeness (QED) is 0.800. The minimum Gasteiger partial charge on any atom is -0.380 e. The van der Waals surface area contributed by atoms with Crippen molar-refractivity contribution in [2.75, 3.05) is 5.32 Å². The molecule has 94 valence electrons. The van der Waals surface area contributed by atoms with Crippen molar-refractivity contribution in [3.8, 4) is 0 Å². The van der Waals surface area contributed by atoms with Crippen molar-refractivity contribution in [1.29, 1.82) is 0 Å². The van der Waals surface area contributed by atoms with E-state index in [4.69, 9.17) is 34.8 Å². The second-order valence-electron chi connectivity index (χ2n) is 3.68. The Hall–Kier alpha value is -0.960. The van der Waals surface area contributed by atoms with Gasteiger partial charge in [0, 0.05) is 22.2 Å². The Balaban J connectivity index is 2.19. The van der Waals surface area contributed by atoms with Gasteiger partial charge < -0.3 is 5.32 Å². The van der Waals surface area contributed by atoms with E-state index in [2.05, 4.69) is 5.32 Å². The summed E-state index contributed by atoms with van der Waals surface area (Å²) >= 11 is 18.0. The molecule has 2 aromatic rings. The van der Waals surface area contributed by atoms with Gasteiger partial charge in [-0.2, -0.15) is 0 Å². The third-order valence-electron chi connectivity index (χ3n) is 2.45. The van der Waals surface area contributed by atoms with E-state index in [0.29, 0.717) is 27.3 Å². The van der Waals surface area contributed by atoms with Crippen molar-refractivity contribution in [1.82, 2.24) is 0 Å². The molecule has 0 unspecified atom stereocenters. The van der Waals surface area contributed by atoms with Crippen LogP contribution in [0.1, 0.15) is 5.56 Å². The first-order valence-electron chi connectivity index (χ1n) is 5.20. The zero-order chi connectivity index (χ0) is 13.1. The summed E-state index contributed by atoms with van der Waals surface area (Å²) in [5.41, 5.74) is 1.26. The van der Waals surface area contributed by atoms with E-state index < -0.39 is 0 Å². The molecule has 0 spiro atoms. The highest BCUT2D eigenvalue weighted by atomic mass is 35.5. The van der Waals surface area contributed by atoms with Crippen molar-refractivity contribution < 1.29 is 4.39 Å². The topological polar surface area (TPSA) is 12.0 Å². The molecule has 2 aromatic carbocycles. The standard InChI is InChI=1S/C13H9Cl3FN/c14-10-2-1-3-11(15)9(10)7-18-13-6-8(17)4-5-12(13)16/h1-6,18H,7H2. The Morgan fingerprint density at radius 3 is 2.28 bits per heavy atom. The number of halogens is 4. The molecule has 18 heavy (non-hydrogen) atoms. The molecule has 0 atom stereocenters. The SMILES string of the molecule is Fc1ccc(Cl)c(NCc2c(Cl)cccc2Cl)c1. The summed E-state index contributed by atoms with van der Waals surface area (Å²) in [6.07, 6.45) is 0. The summed E-state index contributed by atoms with van der Waals surface area (Å²) in [7, 11) is 0. The zero-order valence-electron chi connectivity index (χ0n) is 9.18. The monoisotopic (exact) mass is 303 g/mol. The maximum absolute atomic E-state index is 13.1. The van der Waals surface area contributed by atoms with Gasteiger partial charge in [0.1, 0.15) is 5.82 Å². The van der Waals surface area contributed by atoms with Crippen molar-refractivity contribution >= 4 is 40.5 Å². The Bertz CT molecular complexity index is 552. The van der Waals surface area contributed by atoms with Gasteiger partial charge in [-0.25, -0.2) is 4.39 Å². The fourth-order valence-electron chi connectivity index (χ4n) is 1.52. The van der Waals surface area contributed by atoms with Crippen LogP contribution < -0.4 is 5.32 Å². The Morgan fingerprint density at radius 2 is 1.61 bits per heavy atom. The van der Waals surface area contributed by atoms with E-state index in [1.54, 1.807) is 18.2 Å². The van der Waals surface area contributed by atoms with Gasteiger partial charge in [-0.1, -0.05) is 40.9 Å². The highest BCUT2D eigenvalue weighted by molar-refractivity contribution is 6.36. The van der Waals surface area contributed by atoms with Crippen LogP contribution in [0.15, 0.2) is 36.4 Å². The van der Waals surface area contributed by atoms with E-state index in [1.807, 2.05) is 0 Å². The molecule has 5 heteroatoms. The Morgan fingerprint density at radius 1 is 0.944 bits per heavy atom. The van der Waals surface area contributed by atoms with Crippen LogP contribution in [-0.4, -0.2) is 0 Å². The van der Waals surface area contributed by atoms with Crippen LogP contribution in [0.2, 0.25) is 15.1 Å². The van der Waals surface area contributed by atoms with E-state index in [0.717, 1.165) is 5.56 Å². The van der Waals surface area contributed by atoms with Crippen LogP contribution in [0.4, 0.5) is 10.1 Å². The summed E-state index contributed by atoms with van der Waals surface area (Å²) in [6, 6.07) is 9.38. The molecule has 1 nitrogen and oxygen atoms in total. The van der Waals surface area contributed by atoms with Crippen LogP contribution in [0.5, 0.6) is 0 Å². The summed E-state index contributed by atoms with van der Waals surface area (Å²) in [5, 5.41) is 4.57. The highest BCUT2D eigenvalue weighted by Crippen LogP contribution is 2.27. The zero-order valence-corrected chi connectivity index (χ0v) is 11.5. The molecule has 0 aliphatic heterocycles. The molecule has 0 heterocycles. The van der Waals surface area contributed by atoms with Crippen molar-refractivity contribution in [3.63, 3.8) is 0 Å². The molecule has 0 aliphatic carbocycles. The summed E-state index contributed by atoms with van der Waals surface area (Å²) in [5.74, 6) is -0.354. The predicted molar refractivity (Wildman–Crippen MR) is 75.2 cm³/mol. The van der Waals surface area contributed by atoms with Gasteiger partial charge in [-0.05, 0) is 30.3 Å². The first-order chi connectivity index (χ1) is 8.58. The second kappa shape index (κ2) is 5.79. The fraction of sp³-hybridized carbons (Fsp3) is 0.0769. The molecule has 1 N–H and O–H groups in total. The van der Waals surface area contributed by atoms with Gasteiger partial charge >= 0.3 is 0 Å². The van der Waals surface area contributed by atoms with Gasteiger partial charge in [0.2, 0.25) is 0 Å². The van der Waals surface area contributed by atoms with Gasteiger partial charge in [-0.15, -0.1) is 0 Å². The normalized spacial score (nSPS) is 10.4. The lowest BCUT2D eigenvalue weighted by Gasteiger charge is -2.11. The highest BCUT2D eigenvalue weighted by Gasteiger charge is 2.07. The molecule has 0 fully saturated rings. The molecule has 0 saturated heterocycles. The summed E-state index contributed by atoms with van der Waals surface area (Å²) < 4.78 is 13.1. The minimum atomic E-state index is -0.354. The molecule has 0 radical (unpaired) electrons. The second-order valence-corrected chi connectivity index (χ2v) is 4.90. The van der Waals surface area contributed by atoms with Crippen LogP contribution >= 0.6 is 34.8 Å². The lowest BCUT2D eigenvalue weighted by atomic mass is 10.2. The number of anilines is 1. The molecule has 2 rings (SSSR count). The first kappa shape index (κ1) is 13.5. The smallest absolute Gasteiger partial charge is 0.125 e. The lowest BCUT2D eigenvalue weighted by Crippen LogP contribution is -2.01. The van der Waals surface area contributed by atoms with Crippen LogP contribution in [-0.2, 0) is 6.54 Å². The van der Waals surface area contributed by atoms with Crippen molar-refractivity contribution in [2.24, 2.45) is 0 Å². The average Bonchev–Trinajstić information content (AvgIpc) is 2.33. The van der Waals surface area contributed by atoms with E-state index >= 15 is 0 Å². The molecular formula is C13H9Cl3FN. The number of hydrogen-bond acceptors (Lipinski definition) is 1. The Labute approximate surface area is 119 Å². The summed E-state index contributed by atoms with van der Waals surface area (Å²) in [4.78, 5) is 0. The average molecular weight is 305 g/mol. The molecule has 0 bridgehead atoms. The number of benzene rings is 2. The van der Waals surface area contributed by atoms with E-state index in [9.17, 15) is 4.39 Å². The maximum atomic E-state index is 13.1. The van der Waals surface area contributed by atoms with E-state index in [1.165, 1.54) is 18.2 Å². The maximum Gasteiger partial charge on any atom is 0.125 e. The molecule has 0 amide bonds. The van der Waals surface area contributed by atoms with Crippen LogP contribution in [0, 0.1) is 5.82 Å². The first-order valence-corrected chi connectivity index (χ1v) is 6.33. The lowest BCUT2D eigenvalue weighted by molar-refractivity contribution is 0.628. The Kier molecular flexibility index (Phi) is 4.33. The van der Waals surface area contributed by atoms with Gasteiger partial charge in [-0.3, -0.25) is 0 Å². The third kappa shape index (κ3) is 3.08. The summed E-state index contributed by atoms with van der Waals surface area (Å²) in [6.45, 7) is 0.377. The molecular weight excluding hydrogens is 296 g/mol. The molecule has 0 saturated carbocycles. The van der Waals surface area contributed by atoms with Gasteiger partial charge in [0.25, 0.3) is 0 Å². The molecule has 0 aromatic heterocycles. The van der Waals surface area contributed by atoms with Crippen molar-refractivity contribution in [2.45, 2.75) is 6.54 Å². The van der Waals surface area contributed by atoms with Gasteiger partial charge in [0.05, 0.1) is 10.7 Å².